The van der Waals surface area contributed by atoms with E-state index in [1.54, 1.807) is 0 Å². The number of nitrogens with two attached hydrogens (primary N) is 1. The van der Waals surface area contributed by atoms with Crippen molar-refractivity contribution in [2.45, 2.75) is 32.4 Å². The number of alkyl halides is 3. The summed E-state index contributed by atoms with van der Waals surface area (Å²) < 4.78 is 37.2. The first-order valence-electron chi connectivity index (χ1n) is 5.67. The molecule has 1 unspecified atom stereocenters. The largest absolute Gasteiger partial charge is 0.416 e. The highest BCUT2D eigenvalue weighted by Crippen LogP contribution is 2.32. The summed E-state index contributed by atoms with van der Waals surface area (Å²) in [5.74, 6) is -0.465. The molecule has 100 valence electrons. The normalized spacial score (nSPS) is 13.7. The van der Waals surface area contributed by atoms with Gasteiger partial charge in [-0.05, 0) is 29.5 Å². The third kappa shape index (κ3) is 3.75. The minimum atomic E-state index is -4.34. The van der Waals surface area contributed by atoms with Crippen LogP contribution < -0.4 is 5.73 Å². The molecule has 0 bridgehead atoms. The van der Waals surface area contributed by atoms with Crippen LogP contribution in [0.4, 0.5) is 13.2 Å². The monoisotopic (exact) mass is 259 g/mol. The van der Waals surface area contributed by atoms with Gasteiger partial charge in [-0.15, -0.1) is 0 Å². The molecular formula is C13H16F3NO. The van der Waals surface area contributed by atoms with Gasteiger partial charge in [0.05, 0.1) is 5.56 Å². The lowest BCUT2D eigenvalue weighted by Gasteiger charge is -2.20. The highest BCUT2D eigenvalue weighted by Gasteiger charge is 2.30. The fourth-order valence-electron chi connectivity index (χ4n) is 1.87. The second-order valence-electron chi connectivity index (χ2n) is 4.64. The summed E-state index contributed by atoms with van der Waals surface area (Å²) in [5, 5.41) is 0. The van der Waals surface area contributed by atoms with Crippen molar-refractivity contribution in [3.63, 3.8) is 0 Å². The van der Waals surface area contributed by atoms with Crippen LogP contribution in [-0.2, 0) is 11.0 Å². The number of rotatable bonds is 4. The Balaban J connectivity index is 2.97. The van der Waals surface area contributed by atoms with E-state index in [9.17, 15) is 18.0 Å². The minimum Gasteiger partial charge on any atom is -0.370 e. The first-order valence-corrected chi connectivity index (χ1v) is 5.67. The second-order valence-corrected chi connectivity index (χ2v) is 4.64. The molecule has 5 heteroatoms. The lowest BCUT2D eigenvalue weighted by molar-refractivity contribution is -0.137. The van der Waals surface area contributed by atoms with Gasteiger partial charge in [-0.2, -0.15) is 13.2 Å². The summed E-state index contributed by atoms with van der Waals surface area (Å²) in [5.41, 5.74) is 5.17. The Morgan fingerprint density at radius 3 is 2.06 bits per heavy atom. The van der Waals surface area contributed by atoms with Crippen LogP contribution in [-0.4, -0.2) is 5.91 Å². The number of primary amides is 1. The lowest BCUT2D eigenvalue weighted by Crippen LogP contribution is -2.18. The maximum Gasteiger partial charge on any atom is 0.416 e. The predicted octanol–water partition coefficient (Wildman–Crippen LogP) is 3.32. The van der Waals surface area contributed by atoms with Crippen LogP contribution >= 0.6 is 0 Å². The van der Waals surface area contributed by atoms with Gasteiger partial charge in [0.25, 0.3) is 0 Å². The Morgan fingerprint density at radius 2 is 1.72 bits per heavy atom. The van der Waals surface area contributed by atoms with Gasteiger partial charge in [-0.3, -0.25) is 4.79 Å². The van der Waals surface area contributed by atoms with Gasteiger partial charge in [-0.25, -0.2) is 0 Å². The number of carbonyl (C=O) groups is 1. The zero-order valence-electron chi connectivity index (χ0n) is 10.3. The van der Waals surface area contributed by atoms with E-state index in [0.29, 0.717) is 5.56 Å². The van der Waals surface area contributed by atoms with Crippen molar-refractivity contribution < 1.29 is 18.0 Å². The average molecular weight is 259 g/mol. The van der Waals surface area contributed by atoms with Gasteiger partial charge in [0.2, 0.25) is 5.91 Å². The van der Waals surface area contributed by atoms with E-state index in [2.05, 4.69) is 0 Å². The number of halogens is 3. The average Bonchev–Trinajstić information content (AvgIpc) is 2.24. The fourth-order valence-corrected chi connectivity index (χ4v) is 1.87. The van der Waals surface area contributed by atoms with Gasteiger partial charge in [-0.1, -0.05) is 26.0 Å². The summed E-state index contributed by atoms with van der Waals surface area (Å²) in [6, 6.07) is 4.89. The number of hydrogen-bond donors (Lipinski definition) is 1. The maximum absolute atomic E-state index is 12.4. The van der Waals surface area contributed by atoms with E-state index in [-0.39, 0.29) is 18.3 Å². The SMILES string of the molecule is CC(C)C(CC(N)=O)c1ccc(C(F)(F)F)cc1. The van der Waals surface area contributed by atoms with E-state index in [4.69, 9.17) is 5.73 Å². The quantitative estimate of drug-likeness (QED) is 0.885. The molecule has 0 radical (unpaired) electrons. The molecule has 0 saturated carbocycles. The maximum atomic E-state index is 12.4. The van der Waals surface area contributed by atoms with Crippen molar-refractivity contribution in [3.8, 4) is 0 Å². The Bertz CT molecular complexity index is 409. The molecule has 2 nitrogen and oxygen atoms in total. The molecule has 1 aromatic carbocycles. The van der Waals surface area contributed by atoms with E-state index in [0.717, 1.165) is 12.1 Å². The van der Waals surface area contributed by atoms with Crippen molar-refractivity contribution in [1.82, 2.24) is 0 Å². The predicted molar refractivity (Wildman–Crippen MR) is 62.8 cm³/mol. The third-order valence-corrected chi connectivity index (χ3v) is 2.89. The van der Waals surface area contributed by atoms with Gasteiger partial charge in [0.15, 0.2) is 0 Å². The topological polar surface area (TPSA) is 43.1 Å². The Labute approximate surface area is 104 Å². The molecule has 0 spiro atoms. The zero-order chi connectivity index (χ0) is 13.9. The molecule has 0 aliphatic rings. The minimum absolute atomic E-state index is 0.134. The first kappa shape index (κ1) is 14.5. The molecule has 1 aromatic rings. The van der Waals surface area contributed by atoms with Gasteiger partial charge in [0.1, 0.15) is 0 Å². The molecule has 0 aliphatic heterocycles. The molecule has 0 fully saturated rings. The number of hydrogen-bond acceptors (Lipinski definition) is 1. The first-order chi connectivity index (χ1) is 8.21. The molecule has 0 aliphatic carbocycles. The molecule has 1 amide bonds. The van der Waals surface area contributed by atoms with E-state index in [1.165, 1.54) is 12.1 Å². The standard InChI is InChI=1S/C13H16F3NO/c1-8(2)11(7-12(17)18)9-3-5-10(6-4-9)13(14,15)16/h3-6,8,11H,7H2,1-2H3,(H2,17,18). The van der Waals surface area contributed by atoms with Crippen LogP contribution in [0.3, 0.4) is 0 Å². The molecule has 0 saturated heterocycles. The molecule has 1 atom stereocenters. The van der Waals surface area contributed by atoms with E-state index >= 15 is 0 Å². The van der Waals surface area contributed by atoms with Crippen LogP contribution in [0, 0.1) is 5.92 Å². The Morgan fingerprint density at radius 1 is 1.22 bits per heavy atom. The third-order valence-electron chi connectivity index (χ3n) is 2.89. The van der Waals surface area contributed by atoms with Crippen molar-refractivity contribution >= 4 is 5.91 Å². The summed E-state index contributed by atoms with van der Waals surface area (Å²) in [7, 11) is 0. The van der Waals surface area contributed by atoms with Gasteiger partial charge < -0.3 is 5.73 Å². The molecule has 0 heterocycles. The van der Waals surface area contributed by atoms with Crippen LogP contribution in [0.25, 0.3) is 0 Å². The van der Waals surface area contributed by atoms with Crippen LogP contribution in [0.5, 0.6) is 0 Å². The van der Waals surface area contributed by atoms with Crippen LogP contribution in [0.15, 0.2) is 24.3 Å². The van der Waals surface area contributed by atoms with Gasteiger partial charge >= 0.3 is 6.18 Å². The van der Waals surface area contributed by atoms with Crippen molar-refractivity contribution in [2.24, 2.45) is 11.7 Å². The molecule has 0 aromatic heterocycles. The summed E-state index contributed by atoms with van der Waals surface area (Å²) in [6.45, 7) is 3.82. The lowest BCUT2D eigenvalue weighted by atomic mass is 9.85. The van der Waals surface area contributed by atoms with E-state index in [1.807, 2.05) is 13.8 Å². The second kappa shape index (κ2) is 5.42. The highest BCUT2D eigenvalue weighted by atomic mass is 19.4. The molecule has 1 rings (SSSR count). The molecule has 18 heavy (non-hydrogen) atoms. The zero-order valence-corrected chi connectivity index (χ0v) is 10.3. The van der Waals surface area contributed by atoms with Gasteiger partial charge in [0, 0.05) is 6.42 Å². The molecule has 2 N–H and O–H groups in total. The number of carbonyl (C=O) groups excluding carboxylic acids is 1. The van der Waals surface area contributed by atoms with Crippen molar-refractivity contribution in [3.05, 3.63) is 35.4 Å². The smallest absolute Gasteiger partial charge is 0.370 e. The fraction of sp³-hybridized carbons (Fsp3) is 0.462. The molecular weight excluding hydrogens is 243 g/mol. The highest BCUT2D eigenvalue weighted by molar-refractivity contribution is 5.74. The van der Waals surface area contributed by atoms with Crippen LogP contribution in [0.1, 0.15) is 37.3 Å². The number of benzene rings is 1. The summed E-state index contributed by atoms with van der Waals surface area (Å²) in [6.07, 6.45) is -4.20. The number of amides is 1. The van der Waals surface area contributed by atoms with Crippen molar-refractivity contribution in [1.29, 1.82) is 0 Å². The van der Waals surface area contributed by atoms with Crippen LogP contribution in [0.2, 0.25) is 0 Å². The Hall–Kier alpha value is -1.52. The Kier molecular flexibility index (Phi) is 4.38. The summed E-state index contributed by atoms with van der Waals surface area (Å²) >= 11 is 0. The van der Waals surface area contributed by atoms with E-state index < -0.39 is 17.6 Å². The van der Waals surface area contributed by atoms with Crippen molar-refractivity contribution in [2.75, 3.05) is 0 Å². The summed E-state index contributed by atoms with van der Waals surface area (Å²) in [4.78, 5) is 11.0.